The van der Waals surface area contributed by atoms with E-state index in [0.29, 0.717) is 5.56 Å². The number of aryl methyl sites for hydroxylation is 1. The Bertz CT molecular complexity index is 708. The van der Waals surface area contributed by atoms with Crippen LogP contribution in [0.4, 0.5) is 0 Å². The predicted molar refractivity (Wildman–Crippen MR) is 87.3 cm³/mol. The number of amides is 2. The molecule has 24 heavy (non-hydrogen) atoms. The first-order valence-electron chi connectivity index (χ1n) is 7.27. The number of phenols is 3. The van der Waals surface area contributed by atoms with Crippen molar-refractivity contribution in [2.24, 2.45) is 0 Å². The van der Waals surface area contributed by atoms with Crippen LogP contribution in [-0.4, -0.2) is 40.2 Å². The molecule has 0 heterocycles. The highest BCUT2D eigenvalue weighted by Crippen LogP contribution is 2.27. The molecule has 0 spiro atoms. The van der Waals surface area contributed by atoms with E-state index in [2.05, 4.69) is 10.6 Å². The number of benzene rings is 2. The second-order valence-corrected chi connectivity index (χ2v) is 5.16. The highest BCUT2D eigenvalue weighted by atomic mass is 16.3. The lowest BCUT2D eigenvalue weighted by molar-refractivity contribution is 0.0924. The summed E-state index contributed by atoms with van der Waals surface area (Å²) < 4.78 is 0. The minimum atomic E-state index is -0.573. The largest absolute Gasteiger partial charge is 0.507 e. The molecule has 0 bridgehead atoms. The zero-order valence-corrected chi connectivity index (χ0v) is 13.0. The van der Waals surface area contributed by atoms with E-state index in [1.54, 1.807) is 19.1 Å². The van der Waals surface area contributed by atoms with E-state index in [1.807, 2.05) is 0 Å². The van der Waals surface area contributed by atoms with E-state index >= 15 is 0 Å². The molecular formula is C17H18N2O5. The van der Waals surface area contributed by atoms with Crippen LogP contribution in [0.25, 0.3) is 0 Å². The normalized spacial score (nSPS) is 10.2. The number of carbonyl (C=O) groups is 2. The van der Waals surface area contributed by atoms with Gasteiger partial charge in [0.15, 0.2) is 11.5 Å². The molecule has 0 atom stereocenters. The number of aromatic hydroxyl groups is 3. The van der Waals surface area contributed by atoms with E-state index in [9.17, 15) is 24.9 Å². The van der Waals surface area contributed by atoms with Crippen molar-refractivity contribution in [3.8, 4) is 17.2 Å². The van der Waals surface area contributed by atoms with Gasteiger partial charge in [0.05, 0.1) is 11.1 Å². The molecule has 0 fully saturated rings. The zero-order chi connectivity index (χ0) is 17.7. The number of hydrogen-bond acceptors (Lipinski definition) is 5. The van der Waals surface area contributed by atoms with Crippen molar-refractivity contribution in [1.82, 2.24) is 10.6 Å². The maximum Gasteiger partial charge on any atom is 0.255 e. The van der Waals surface area contributed by atoms with Crippen LogP contribution < -0.4 is 10.6 Å². The van der Waals surface area contributed by atoms with Crippen molar-refractivity contribution in [3.63, 3.8) is 0 Å². The molecule has 0 aliphatic rings. The smallest absolute Gasteiger partial charge is 0.255 e. The van der Waals surface area contributed by atoms with E-state index in [4.69, 9.17) is 0 Å². The molecule has 0 aliphatic carbocycles. The van der Waals surface area contributed by atoms with Crippen LogP contribution in [0.1, 0.15) is 26.3 Å². The molecule has 2 aromatic carbocycles. The summed E-state index contributed by atoms with van der Waals surface area (Å²) in [4.78, 5) is 23.9. The number of carbonyl (C=O) groups excluding carboxylic acids is 2. The standard InChI is InChI=1S/C17H18N2O5/c1-10-4-2-5-11(14(10)21)16(23)18-8-9-19-17(24)12-6-3-7-13(20)15(12)22/h2-7,20-22H,8-9H2,1H3,(H,18,23)(H,19,24). The molecule has 2 aromatic rings. The minimum absolute atomic E-state index is 0.0577. The molecule has 126 valence electrons. The Morgan fingerprint density at radius 3 is 1.92 bits per heavy atom. The molecule has 0 aromatic heterocycles. The van der Waals surface area contributed by atoms with Crippen LogP contribution >= 0.6 is 0 Å². The summed E-state index contributed by atoms with van der Waals surface area (Å²) in [5, 5.41) is 33.9. The fourth-order valence-electron chi connectivity index (χ4n) is 2.10. The molecule has 0 aliphatic heterocycles. The Balaban J connectivity index is 1.86. The number of rotatable bonds is 5. The molecule has 0 unspecified atom stereocenters. The monoisotopic (exact) mass is 330 g/mol. The summed E-state index contributed by atoms with van der Waals surface area (Å²) in [6.07, 6.45) is 0. The second-order valence-electron chi connectivity index (χ2n) is 5.16. The summed E-state index contributed by atoms with van der Waals surface area (Å²) in [5.74, 6) is -1.99. The summed E-state index contributed by atoms with van der Waals surface area (Å²) in [6, 6.07) is 8.92. The highest BCUT2D eigenvalue weighted by Gasteiger charge is 2.14. The summed E-state index contributed by atoms with van der Waals surface area (Å²) >= 11 is 0. The molecule has 0 saturated carbocycles. The first kappa shape index (κ1) is 17.1. The Morgan fingerprint density at radius 2 is 1.33 bits per heavy atom. The lowest BCUT2D eigenvalue weighted by Crippen LogP contribution is -2.34. The van der Waals surface area contributed by atoms with Gasteiger partial charge in [0.25, 0.3) is 11.8 Å². The van der Waals surface area contributed by atoms with Crippen LogP contribution in [0, 0.1) is 6.92 Å². The van der Waals surface area contributed by atoms with Gasteiger partial charge in [0.1, 0.15) is 5.75 Å². The summed E-state index contributed by atoms with van der Waals surface area (Å²) in [6.45, 7) is 1.94. The third kappa shape index (κ3) is 3.75. The number of nitrogens with one attached hydrogen (secondary N) is 2. The third-order valence-corrected chi connectivity index (χ3v) is 3.44. The predicted octanol–water partition coefficient (Wildman–Crippen LogP) is 1.27. The molecule has 2 rings (SSSR count). The second kappa shape index (κ2) is 7.36. The zero-order valence-electron chi connectivity index (χ0n) is 13.0. The van der Waals surface area contributed by atoms with Crippen LogP contribution in [-0.2, 0) is 0 Å². The van der Waals surface area contributed by atoms with Crippen molar-refractivity contribution in [1.29, 1.82) is 0 Å². The lowest BCUT2D eigenvalue weighted by Gasteiger charge is -2.10. The van der Waals surface area contributed by atoms with Crippen LogP contribution in [0.2, 0.25) is 0 Å². The first-order chi connectivity index (χ1) is 11.4. The highest BCUT2D eigenvalue weighted by molar-refractivity contribution is 5.98. The molecule has 0 radical (unpaired) electrons. The number of phenolic OH excluding ortho intramolecular Hbond substituents is 3. The lowest BCUT2D eigenvalue weighted by atomic mass is 10.1. The van der Waals surface area contributed by atoms with E-state index in [0.717, 1.165) is 0 Å². The molecule has 7 heteroatoms. The average Bonchev–Trinajstić information content (AvgIpc) is 2.56. The van der Waals surface area contributed by atoms with Gasteiger partial charge >= 0.3 is 0 Å². The maximum atomic E-state index is 12.0. The van der Waals surface area contributed by atoms with Crippen molar-refractivity contribution in [3.05, 3.63) is 53.1 Å². The molecular weight excluding hydrogens is 312 g/mol. The van der Waals surface area contributed by atoms with Crippen LogP contribution in [0.3, 0.4) is 0 Å². The Hall–Kier alpha value is -3.22. The third-order valence-electron chi connectivity index (χ3n) is 3.44. The first-order valence-corrected chi connectivity index (χ1v) is 7.27. The van der Waals surface area contributed by atoms with Gasteiger partial charge in [-0.15, -0.1) is 0 Å². The minimum Gasteiger partial charge on any atom is -0.507 e. The van der Waals surface area contributed by atoms with Gasteiger partial charge < -0.3 is 26.0 Å². The topological polar surface area (TPSA) is 119 Å². The van der Waals surface area contributed by atoms with Gasteiger partial charge in [0.2, 0.25) is 0 Å². The van der Waals surface area contributed by atoms with Gasteiger partial charge in [0, 0.05) is 13.1 Å². The Kier molecular flexibility index (Phi) is 5.26. The average molecular weight is 330 g/mol. The van der Waals surface area contributed by atoms with Gasteiger partial charge in [-0.2, -0.15) is 0 Å². The van der Waals surface area contributed by atoms with Crippen LogP contribution in [0.5, 0.6) is 17.2 Å². The fourth-order valence-corrected chi connectivity index (χ4v) is 2.10. The number of para-hydroxylation sites is 2. The molecule has 2 amide bonds. The molecule has 7 nitrogen and oxygen atoms in total. The van der Waals surface area contributed by atoms with Gasteiger partial charge in [-0.3, -0.25) is 9.59 Å². The van der Waals surface area contributed by atoms with Gasteiger partial charge in [-0.25, -0.2) is 0 Å². The maximum absolute atomic E-state index is 12.0. The van der Waals surface area contributed by atoms with Gasteiger partial charge in [-0.1, -0.05) is 18.2 Å². The SMILES string of the molecule is Cc1cccc(C(=O)NCCNC(=O)c2cccc(O)c2O)c1O. The molecule has 5 N–H and O–H groups in total. The van der Waals surface area contributed by atoms with Crippen molar-refractivity contribution >= 4 is 11.8 Å². The van der Waals surface area contributed by atoms with Crippen LogP contribution in [0.15, 0.2) is 36.4 Å². The molecule has 0 saturated heterocycles. The quantitative estimate of drug-likeness (QED) is 0.418. The summed E-state index contributed by atoms with van der Waals surface area (Å²) in [5.41, 5.74) is 0.694. The summed E-state index contributed by atoms with van der Waals surface area (Å²) in [7, 11) is 0. The van der Waals surface area contributed by atoms with E-state index in [1.165, 1.54) is 24.3 Å². The van der Waals surface area contributed by atoms with E-state index in [-0.39, 0.29) is 35.7 Å². The Morgan fingerprint density at radius 1 is 0.833 bits per heavy atom. The Labute approximate surface area is 138 Å². The number of hydrogen-bond donors (Lipinski definition) is 5. The van der Waals surface area contributed by atoms with Crippen molar-refractivity contribution in [2.75, 3.05) is 13.1 Å². The van der Waals surface area contributed by atoms with Crippen molar-refractivity contribution in [2.45, 2.75) is 6.92 Å². The van der Waals surface area contributed by atoms with Gasteiger partial charge in [-0.05, 0) is 30.7 Å². The fraction of sp³-hybridized carbons (Fsp3) is 0.176. The van der Waals surface area contributed by atoms with E-state index < -0.39 is 17.6 Å². The van der Waals surface area contributed by atoms with Crippen molar-refractivity contribution < 1.29 is 24.9 Å².